The molecule has 5 nitrogen and oxygen atoms in total. The topological polar surface area (TPSA) is 63.2 Å². The molecular formula is C22H23N3O2. The van der Waals surface area contributed by atoms with Crippen molar-refractivity contribution in [1.29, 1.82) is 0 Å². The molecule has 5 heteroatoms. The number of amides is 1. The average Bonchev–Trinajstić information content (AvgIpc) is 2.68. The van der Waals surface area contributed by atoms with E-state index < -0.39 is 0 Å². The molecule has 0 atom stereocenters. The largest absolute Gasteiger partial charge is 0.491 e. The normalized spacial score (nSPS) is 10.5. The molecule has 0 aliphatic heterocycles. The lowest BCUT2D eigenvalue weighted by Gasteiger charge is -2.11. The van der Waals surface area contributed by atoms with Crippen molar-refractivity contribution in [3.05, 3.63) is 84.2 Å². The van der Waals surface area contributed by atoms with Crippen LogP contribution in [0.1, 0.15) is 29.8 Å². The third kappa shape index (κ3) is 5.57. The molecule has 0 spiro atoms. The Morgan fingerprint density at radius 3 is 2.44 bits per heavy atom. The molecule has 2 aromatic carbocycles. The molecule has 1 heterocycles. The van der Waals surface area contributed by atoms with Gasteiger partial charge >= 0.3 is 0 Å². The van der Waals surface area contributed by atoms with E-state index in [2.05, 4.69) is 15.6 Å². The highest BCUT2D eigenvalue weighted by atomic mass is 16.5. The van der Waals surface area contributed by atoms with E-state index in [9.17, 15) is 4.79 Å². The van der Waals surface area contributed by atoms with E-state index in [1.807, 2.05) is 68.4 Å². The Balaban J connectivity index is 1.61. The van der Waals surface area contributed by atoms with Gasteiger partial charge in [0.25, 0.3) is 5.91 Å². The summed E-state index contributed by atoms with van der Waals surface area (Å²) < 4.78 is 5.61. The number of aromatic nitrogens is 1. The van der Waals surface area contributed by atoms with Gasteiger partial charge in [-0.15, -0.1) is 0 Å². The standard InChI is InChI=1S/C22H23N3O2/c1-16(2)27-21-10-8-19(9-11-21)25-22(26)18-12-20(15-23-14-18)24-13-17-6-4-3-5-7-17/h3-12,14-16,24H,13H2,1-2H3,(H,25,26). The summed E-state index contributed by atoms with van der Waals surface area (Å²) in [5.41, 5.74) is 3.16. The van der Waals surface area contributed by atoms with Crippen LogP contribution in [0.3, 0.4) is 0 Å². The summed E-state index contributed by atoms with van der Waals surface area (Å²) in [6.07, 6.45) is 3.37. The van der Waals surface area contributed by atoms with Crippen LogP contribution in [-0.4, -0.2) is 17.0 Å². The summed E-state index contributed by atoms with van der Waals surface area (Å²) in [7, 11) is 0. The minimum Gasteiger partial charge on any atom is -0.491 e. The van der Waals surface area contributed by atoms with E-state index in [4.69, 9.17) is 4.74 Å². The fourth-order valence-electron chi connectivity index (χ4n) is 2.55. The molecule has 0 radical (unpaired) electrons. The van der Waals surface area contributed by atoms with Crippen molar-refractivity contribution in [2.75, 3.05) is 10.6 Å². The van der Waals surface area contributed by atoms with Gasteiger partial charge in [-0.25, -0.2) is 0 Å². The predicted octanol–water partition coefficient (Wildman–Crippen LogP) is 4.73. The van der Waals surface area contributed by atoms with Gasteiger partial charge in [0.2, 0.25) is 0 Å². The Bertz CT molecular complexity index is 878. The summed E-state index contributed by atoms with van der Waals surface area (Å²) >= 11 is 0. The van der Waals surface area contributed by atoms with E-state index in [1.54, 1.807) is 18.5 Å². The molecule has 0 aliphatic rings. The predicted molar refractivity (Wildman–Crippen MR) is 108 cm³/mol. The van der Waals surface area contributed by atoms with Crippen molar-refractivity contribution in [1.82, 2.24) is 4.98 Å². The maximum Gasteiger partial charge on any atom is 0.257 e. The Hall–Kier alpha value is -3.34. The van der Waals surface area contributed by atoms with Gasteiger partial charge in [0.15, 0.2) is 0 Å². The molecule has 0 bridgehead atoms. The number of nitrogens with one attached hydrogen (secondary N) is 2. The van der Waals surface area contributed by atoms with E-state index in [-0.39, 0.29) is 12.0 Å². The molecule has 2 N–H and O–H groups in total. The van der Waals surface area contributed by atoms with Crippen molar-refractivity contribution in [3.8, 4) is 5.75 Å². The van der Waals surface area contributed by atoms with Crippen molar-refractivity contribution >= 4 is 17.3 Å². The maximum absolute atomic E-state index is 12.5. The van der Waals surface area contributed by atoms with E-state index in [0.717, 1.165) is 17.0 Å². The molecule has 0 saturated heterocycles. The first-order valence-corrected chi connectivity index (χ1v) is 8.91. The number of ether oxygens (including phenoxy) is 1. The highest BCUT2D eigenvalue weighted by Gasteiger charge is 2.08. The molecule has 0 fully saturated rings. The minimum absolute atomic E-state index is 0.114. The molecule has 0 aliphatic carbocycles. The fourth-order valence-corrected chi connectivity index (χ4v) is 2.55. The molecule has 138 valence electrons. The first-order chi connectivity index (χ1) is 13.1. The zero-order valence-electron chi connectivity index (χ0n) is 15.5. The number of nitrogens with zero attached hydrogens (tertiary/aromatic N) is 1. The quantitative estimate of drug-likeness (QED) is 0.638. The summed E-state index contributed by atoms with van der Waals surface area (Å²) in [6, 6.07) is 19.2. The maximum atomic E-state index is 12.5. The fraction of sp³-hybridized carbons (Fsp3) is 0.182. The molecule has 1 amide bonds. The Morgan fingerprint density at radius 2 is 1.74 bits per heavy atom. The summed E-state index contributed by atoms with van der Waals surface area (Å²) in [6.45, 7) is 4.62. The SMILES string of the molecule is CC(C)Oc1ccc(NC(=O)c2cncc(NCc3ccccc3)c2)cc1. The first-order valence-electron chi connectivity index (χ1n) is 8.91. The molecule has 3 rings (SSSR count). The van der Waals surface area contributed by atoms with Gasteiger partial charge in [-0.1, -0.05) is 30.3 Å². The van der Waals surface area contributed by atoms with Crippen molar-refractivity contribution in [3.63, 3.8) is 0 Å². The van der Waals surface area contributed by atoms with Crippen LogP contribution in [-0.2, 0) is 6.54 Å². The van der Waals surface area contributed by atoms with E-state index in [1.165, 1.54) is 0 Å². The third-order valence-corrected chi connectivity index (χ3v) is 3.82. The lowest BCUT2D eigenvalue weighted by atomic mass is 10.2. The molecular weight excluding hydrogens is 338 g/mol. The van der Waals surface area contributed by atoms with Crippen molar-refractivity contribution in [2.45, 2.75) is 26.5 Å². The average molecular weight is 361 g/mol. The number of carbonyl (C=O) groups is 1. The summed E-state index contributed by atoms with van der Waals surface area (Å²) in [5, 5.41) is 6.16. The number of benzene rings is 2. The van der Waals surface area contributed by atoms with Crippen molar-refractivity contribution < 1.29 is 9.53 Å². The summed E-state index contributed by atoms with van der Waals surface area (Å²) in [4.78, 5) is 16.7. The van der Waals surface area contributed by atoms with Gasteiger partial charge in [0.1, 0.15) is 5.75 Å². The van der Waals surface area contributed by atoms with Crippen LogP contribution < -0.4 is 15.4 Å². The van der Waals surface area contributed by atoms with Gasteiger partial charge in [-0.05, 0) is 49.7 Å². The molecule has 3 aromatic rings. The van der Waals surface area contributed by atoms with Gasteiger partial charge in [-0.2, -0.15) is 0 Å². The van der Waals surface area contributed by atoms with Crippen LogP contribution >= 0.6 is 0 Å². The Morgan fingerprint density at radius 1 is 1.00 bits per heavy atom. The van der Waals surface area contributed by atoms with Crippen LogP contribution in [0.25, 0.3) is 0 Å². The number of rotatable bonds is 7. The van der Waals surface area contributed by atoms with Gasteiger partial charge in [0, 0.05) is 24.6 Å². The van der Waals surface area contributed by atoms with Crippen LogP contribution in [0.15, 0.2) is 73.1 Å². The van der Waals surface area contributed by atoms with Crippen LogP contribution in [0, 0.1) is 0 Å². The van der Waals surface area contributed by atoms with Crippen LogP contribution in [0.2, 0.25) is 0 Å². The number of carbonyl (C=O) groups excluding carboxylic acids is 1. The Labute approximate surface area is 159 Å². The molecule has 27 heavy (non-hydrogen) atoms. The zero-order chi connectivity index (χ0) is 19.1. The van der Waals surface area contributed by atoms with Crippen LogP contribution in [0.5, 0.6) is 5.75 Å². The number of anilines is 2. The third-order valence-electron chi connectivity index (χ3n) is 3.82. The number of hydrogen-bond donors (Lipinski definition) is 2. The van der Waals surface area contributed by atoms with Gasteiger partial charge in [0.05, 0.1) is 17.4 Å². The van der Waals surface area contributed by atoms with Crippen molar-refractivity contribution in [2.24, 2.45) is 0 Å². The van der Waals surface area contributed by atoms with E-state index >= 15 is 0 Å². The second-order valence-corrected chi connectivity index (χ2v) is 6.45. The number of pyridine rings is 1. The van der Waals surface area contributed by atoms with Crippen LogP contribution in [0.4, 0.5) is 11.4 Å². The van der Waals surface area contributed by atoms with Gasteiger partial charge in [-0.3, -0.25) is 9.78 Å². The molecule has 0 saturated carbocycles. The monoisotopic (exact) mass is 361 g/mol. The van der Waals surface area contributed by atoms with E-state index in [0.29, 0.717) is 17.8 Å². The highest BCUT2D eigenvalue weighted by Crippen LogP contribution is 2.18. The first kappa shape index (κ1) is 18.5. The second-order valence-electron chi connectivity index (χ2n) is 6.45. The molecule has 1 aromatic heterocycles. The smallest absolute Gasteiger partial charge is 0.257 e. The summed E-state index contributed by atoms with van der Waals surface area (Å²) in [5.74, 6) is 0.570. The number of hydrogen-bond acceptors (Lipinski definition) is 4. The Kier molecular flexibility index (Phi) is 6.05. The molecule has 0 unspecified atom stereocenters. The second kappa shape index (κ2) is 8.85. The van der Waals surface area contributed by atoms with Gasteiger partial charge < -0.3 is 15.4 Å². The zero-order valence-corrected chi connectivity index (χ0v) is 15.5. The minimum atomic E-state index is -0.205. The lowest BCUT2D eigenvalue weighted by molar-refractivity contribution is 0.102. The highest BCUT2D eigenvalue weighted by molar-refractivity contribution is 6.04. The lowest BCUT2D eigenvalue weighted by Crippen LogP contribution is -2.13.